The van der Waals surface area contributed by atoms with E-state index in [-0.39, 0.29) is 24.9 Å². The molecule has 0 fully saturated rings. The number of para-hydroxylation sites is 1. The third kappa shape index (κ3) is 6.34. The van der Waals surface area contributed by atoms with Gasteiger partial charge in [-0.15, -0.1) is 0 Å². The Morgan fingerprint density at radius 2 is 1.64 bits per heavy atom. The molecular formula is C18H19N3O4. The van der Waals surface area contributed by atoms with Crippen LogP contribution < -0.4 is 20.7 Å². The Morgan fingerprint density at radius 3 is 2.36 bits per heavy atom. The maximum atomic E-state index is 12.1. The molecule has 0 bridgehead atoms. The number of benzene rings is 2. The topological polar surface area (TPSA) is 96.5 Å². The van der Waals surface area contributed by atoms with Crippen LogP contribution in [0.1, 0.15) is 17.3 Å². The fourth-order valence-corrected chi connectivity index (χ4v) is 2.02. The van der Waals surface area contributed by atoms with Gasteiger partial charge in [-0.2, -0.15) is 0 Å². The van der Waals surface area contributed by atoms with Crippen LogP contribution in [0.15, 0.2) is 54.6 Å². The molecule has 0 aliphatic carbocycles. The molecule has 3 amide bonds. The molecular weight excluding hydrogens is 322 g/mol. The number of nitrogens with one attached hydrogen (secondary N) is 3. The minimum absolute atomic E-state index is 0.210. The van der Waals surface area contributed by atoms with Gasteiger partial charge >= 0.3 is 6.09 Å². The number of hydrogen-bond donors (Lipinski definition) is 3. The predicted molar refractivity (Wildman–Crippen MR) is 93.5 cm³/mol. The molecule has 2 rings (SSSR count). The van der Waals surface area contributed by atoms with Crippen LogP contribution in [0.2, 0.25) is 0 Å². The third-order valence-electron chi connectivity index (χ3n) is 3.08. The molecule has 2 aromatic carbocycles. The van der Waals surface area contributed by atoms with Crippen LogP contribution in [0.3, 0.4) is 0 Å². The van der Waals surface area contributed by atoms with Crippen molar-refractivity contribution in [1.82, 2.24) is 10.6 Å². The zero-order valence-corrected chi connectivity index (χ0v) is 13.7. The minimum atomic E-state index is -0.590. The maximum absolute atomic E-state index is 12.1. The first-order chi connectivity index (χ1) is 12.0. The van der Waals surface area contributed by atoms with Crippen molar-refractivity contribution in [3.05, 3.63) is 60.2 Å². The summed E-state index contributed by atoms with van der Waals surface area (Å²) in [5.74, 6) is -0.0667. The van der Waals surface area contributed by atoms with E-state index >= 15 is 0 Å². The first-order valence-electron chi connectivity index (χ1n) is 7.71. The number of ether oxygens (including phenoxy) is 1. The van der Waals surface area contributed by atoms with E-state index < -0.39 is 6.09 Å². The molecule has 7 heteroatoms. The highest BCUT2D eigenvalue weighted by Crippen LogP contribution is 2.10. The molecule has 3 N–H and O–H groups in total. The predicted octanol–water partition coefficient (Wildman–Crippen LogP) is 2.16. The van der Waals surface area contributed by atoms with E-state index in [0.29, 0.717) is 17.0 Å². The number of amides is 3. The van der Waals surface area contributed by atoms with Crippen LogP contribution in [0.25, 0.3) is 0 Å². The molecule has 0 unspecified atom stereocenters. The highest BCUT2D eigenvalue weighted by Gasteiger charge is 2.07. The molecule has 0 saturated carbocycles. The van der Waals surface area contributed by atoms with Gasteiger partial charge in [0.1, 0.15) is 5.75 Å². The summed E-state index contributed by atoms with van der Waals surface area (Å²) in [4.78, 5) is 34.7. The van der Waals surface area contributed by atoms with Gasteiger partial charge in [-0.1, -0.05) is 24.3 Å². The summed E-state index contributed by atoms with van der Waals surface area (Å²) in [6.45, 7) is 1.86. The average Bonchev–Trinajstić information content (AvgIpc) is 2.59. The van der Waals surface area contributed by atoms with Crippen LogP contribution in [-0.4, -0.2) is 31.0 Å². The van der Waals surface area contributed by atoms with Gasteiger partial charge in [0.25, 0.3) is 5.91 Å². The molecule has 0 aromatic heterocycles. The van der Waals surface area contributed by atoms with Gasteiger partial charge in [-0.3, -0.25) is 9.59 Å². The fraction of sp³-hybridized carbons (Fsp3) is 0.167. The van der Waals surface area contributed by atoms with Crippen molar-refractivity contribution in [2.45, 2.75) is 6.92 Å². The second-order valence-corrected chi connectivity index (χ2v) is 5.15. The van der Waals surface area contributed by atoms with Crippen LogP contribution in [0.4, 0.5) is 10.5 Å². The van der Waals surface area contributed by atoms with Crippen LogP contribution >= 0.6 is 0 Å². The summed E-state index contributed by atoms with van der Waals surface area (Å²) >= 11 is 0. The summed E-state index contributed by atoms with van der Waals surface area (Å²) in [7, 11) is 0. The molecule has 0 saturated heterocycles. The van der Waals surface area contributed by atoms with Gasteiger partial charge in [0.15, 0.2) is 0 Å². The normalized spacial score (nSPS) is 9.80. The lowest BCUT2D eigenvalue weighted by molar-refractivity contribution is -0.114. The van der Waals surface area contributed by atoms with Crippen molar-refractivity contribution in [2.24, 2.45) is 0 Å². The van der Waals surface area contributed by atoms with E-state index in [9.17, 15) is 14.4 Å². The molecule has 7 nitrogen and oxygen atoms in total. The van der Waals surface area contributed by atoms with E-state index in [1.807, 2.05) is 6.07 Å². The SMILES string of the molecule is CC(=O)Nc1cccc(C(=O)NCCNC(=O)Oc2ccccc2)c1. The first-order valence-corrected chi connectivity index (χ1v) is 7.71. The Hall–Kier alpha value is -3.35. The monoisotopic (exact) mass is 341 g/mol. The Morgan fingerprint density at radius 1 is 0.920 bits per heavy atom. The second kappa shape index (κ2) is 9.07. The maximum Gasteiger partial charge on any atom is 0.412 e. The number of hydrogen-bond acceptors (Lipinski definition) is 4. The Bertz CT molecular complexity index is 747. The highest BCUT2D eigenvalue weighted by atomic mass is 16.6. The Kier molecular flexibility index (Phi) is 6.53. The smallest absolute Gasteiger partial charge is 0.410 e. The zero-order chi connectivity index (χ0) is 18.1. The van der Waals surface area contributed by atoms with Gasteiger partial charge in [0.05, 0.1) is 0 Å². The lowest BCUT2D eigenvalue weighted by Crippen LogP contribution is -2.36. The lowest BCUT2D eigenvalue weighted by Gasteiger charge is -2.09. The largest absolute Gasteiger partial charge is 0.412 e. The summed E-state index contributed by atoms with van der Waals surface area (Å²) in [6.07, 6.45) is -0.590. The molecule has 0 radical (unpaired) electrons. The molecule has 0 heterocycles. The summed E-state index contributed by atoms with van der Waals surface area (Å²) < 4.78 is 5.06. The van der Waals surface area contributed by atoms with Crippen molar-refractivity contribution in [3.8, 4) is 5.75 Å². The van der Waals surface area contributed by atoms with Crippen molar-refractivity contribution >= 4 is 23.6 Å². The molecule has 0 aliphatic rings. The van der Waals surface area contributed by atoms with Crippen LogP contribution in [0.5, 0.6) is 5.75 Å². The van der Waals surface area contributed by atoms with E-state index in [4.69, 9.17) is 4.74 Å². The molecule has 0 aliphatic heterocycles. The first kappa shape index (κ1) is 18.0. The van der Waals surface area contributed by atoms with E-state index in [1.165, 1.54) is 6.92 Å². The van der Waals surface area contributed by atoms with Crippen molar-refractivity contribution in [1.29, 1.82) is 0 Å². The molecule has 25 heavy (non-hydrogen) atoms. The number of carbonyl (C=O) groups excluding carboxylic acids is 3. The van der Waals surface area contributed by atoms with Gasteiger partial charge in [0, 0.05) is 31.3 Å². The summed E-state index contributed by atoms with van der Waals surface area (Å²) in [6, 6.07) is 15.3. The molecule has 2 aromatic rings. The highest BCUT2D eigenvalue weighted by molar-refractivity contribution is 5.96. The van der Waals surface area contributed by atoms with Gasteiger partial charge < -0.3 is 20.7 Å². The summed E-state index contributed by atoms with van der Waals surface area (Å²) in [5, 5.41) is 7.83. The lowest BCUT2D eigenvalue weighted by atomic mass is 10.2. The standard InChI is InChI=1S/C18H19N3O4/c1-13(22)21-15-7-5-6-14(12-15)17(23)19-10-11-20-18(24)25-16-8-3-2-4-9-16/h2-9,12H,10-11H2,1H3,(H,19,23)(H,20,24)(H,21,22). The number of carbonyl (C=O) groups is 3. The van der Waals surface area contributed by atoms with Crippen molar-refractivity contribution < 1.29 is 19.1 Å². The number of anilines is 1. The average molecular weight is 341 g/mol. The minimum Gasteiger partial charge on any atom is -0.410 e. The molecule has 0 spiro atoms. The van der Waals surface area contributed by atoms with Crippen LogP contribution in [0, 0.1) is 0 Å². The van der Waals surface area contributed by atoms with E-state index in [1.54, 1.807) is 48.5 Å². The van der Waals surface area contributed by atoms with Crippen LogP contribution in [-0.2, 0) is 4.79 Å². The van der Waals surface area contributed by atoms with Crippen molar-refractivity contribution in [2.75, 3.05) is 18.4 Å². The van der Waals surface area contributed by atoms with Gasteiger partial charge in [0.2, 0.25) is 5.91 Å². The quantitative estimate of drug-likeness (QED) is 0.702. The van der Waals surface area contributed by atoms with E-state index in [2.05, 4.69) is 16.0 Å². The number of rotatable bonds is 6. The van der Waals surface area contributed by atoms with Gasteiger partial charge in [-0.25, -0.2) is 4.79 Å². The second-order valence-electron chi connectivity index (χ2n) is 5.15. The zero-order valence-electron chi connectivity index (χ0n) is 13.7. The summed E-state index contributed by atoms with van der Waals surface area (Å²) in [5.41, 5.74) is 0.961. The fourth-order valence-electron chi connectivity index (χ4n) is 2.02. The van der Waals surface area contributed by atoms with Gasteiger partial charge in [-0.05, 0) is 30.3 Å². The van der Waals surface area contributed by atoms with E-state index in [0.717, 1.165) is 0 Å². The third-order valence-corrected chi connectivity index (χ3v) is 3.08. The molecule has 0 atom stereocenters. The molecule has 130 valence electrons. The Labute approximate surface area is 145 Å². The Balaban J connectivity index is 1.73. The van der Waals surface area contributed by atoms with Crippen molar-refractivity contribution in [3.63, 3.8) is 0 Å².